The zero-order valence-electron chi connectivity index (χ0n) is 18.0. The SMILES string of the molecule is CCOc1ccc(OCc2nnc(SCc3nc(C)c(C)o3)n2-c2ccc(Cl)cc2)cc1. The Hall–Kier alpha value is -2.97. The lowest BCUT2D eigenvalue weighted by atomic mass is 10.3. The van der Waals surface area contributed by atoms with Gasteiger partial charge >= 0.3 is 0 Å². The molecule has 0 saturated carbocycles. The highest BCUT2D eigenvalue weighted by molar-refractivity contribution is 7.98. The largest absolute Gasteiger partial charge is 0.494 e. The Kier molecular flexibility index (Phi) is 7.02. The van der Waals surface area contributed by atoms with Crippen LogP contribution in [0.15, 0.2) is 58.1 Å². The third-order valence-electron chi connectivity index (χ3n) is 4.69. The van der Waals surface area contributed by atoms with E-state index in [0.717, 1.165) is 28.6 Å². The van der Waals surface area contributed by atoms with Gasteiger partial charge in [-0.05, 0) is 69.3 Å². The number of aryl methyl sites for hydroxylation is 2. The van der Waals surface area contributed by atoms with E-state index >= 15 is 0 Å². The second-order valence-electron chi connectivity index (χ2n) is 6.94. The molecule has 32 heavy (non-hydrogen) atoms. The number of halogens is 1. The van der Waals surface area contributed by atoms with Crippen molar-refractivity contribution in [1.29, 1.82) is 0 Å². The Morgan fingerprint density at radius 1 is 0.969 bits per heavy atom. The van der Waals surface area contributed by atoms with E-state index in [1.165, 1.54) is 11.8 Å². The van der Waals surface area contributed by atoms with E-state index in [1.54, 1.807) is 0 Å². The predicted octanol–water partition coefficient (Wildman–Crippen LogP) is 5.80. The van der Waals surface area contributed by atoms with Crippen LogP contribution in [-0.2, 0) is 12.4 Å². The van der Waals surface area contributed by atoms with Gasteiger partial charge in [0, 0.05) is 10.7 Å². The maximum Gasteiger partial charge on any atom is 0.205 e. The molecule has 0 radical (unpaired) electrons. The minimum atomic E-state index is 0.251. The van der Waals surface area contributed by atoms with Gasteiger partial charge < -0.3 is 13.9 Å². The van der Waals surface area contributed by atoms with Crippen LogP contribution in [0.25, 0.3) is 5.69 Å². The Labute approximate surface area is 195 Å². The maximum atomic E-state index is 6.09. The smallest absolute Gasteiger partial charge is 0.205 e. The summed E-state index contributed by atoms with van der Waals surface area (Å²) < 4.78 is 19.1. The summed E-state index contributed by atoms with van der Waals surface area (Å²) in [6.07, 6.45) is 0. The van der Waals surface area contributed by atoms with Crippen LogP contribution in [-0.4, -0.2) is 26.4 Å². The van der Waals surface area contributed by atoms with Crippen LogP contribution in [0, 0.1) is 13.8 Å². The van der Waals surface area contributed by atoms with Crippen molar-refractivity contribution in [2.75, 3.05) is 6.61 Å². The van der Waals surface area contributed by atoms with Crippen molar-refractivity contribution in [3.05, 3.63) is 76.7 Å². The standard InChI is InChI=1S/C23H23ClN4O3S/c1-4-29-19-9-11-20(12-10-19)30-13-21-26-27-23(28(21)18-7-5-17(24)6-8-18)32-14-22-25-15(2)16(3)31-22/h5-12H,4,13-14H2,1-3H3. The molecule has 4 rings (SSSR count). The van der Waals surface area contributed by atoms with Crippen molar-refractivity contribution in [3.8, 4) is 17.2 Å². The maximum absolute atomic E-state index is 6.09. The molecule has 4 aromatic rings. The summed E-state index contributed by atoms with van der Waals surface area (Å²) in [7, 11) is 0. The van der Waals surface area contributed by atoms with E-state index in [0.29, 0.717) is 34.3 Å². The first-order chi connectivity index (χ1) is 15.5. The fraction of sp³-hybridized carbons (Fsp3) is 0.261. The van der Waals surface area contributed by atoms with Crippen LogP contribution in [0.1, 0.15) is 30.1 Å². The molecule has 0 saturated heterocycles. The van der Waals surface area contributed by atoms with Crippen molar-refractivity contribution in [2.45, 2.75) is 38.3 Å². The van der Waals surface area contributed by atoms with E-state index in [-0.39, 0.29) is 6.61 Å². The average molecular weight is 471 g/mol. The molecule has 0 aliphatic heterocycles. The quantitative estimate of drug-likeness (QED) is 0.286. The first-order valence-corrected chi connectivity index (χ1v) is 11.5. The number of nitrogens with zero attached hydrogens (tertiary/aromatic N) is 4. The topological polar surface area (TPSA) is 75.2 Å². The highest BCUT2D eigenvalue weighted by Gasteiger charge is 2.17. The third-order valence-corrected chi connectivity index (χ3v) is 5.85. The summed E-state index contributed by atoms with van der Waals surface area (Å²) in [4.78, 5) is 4.45. The monoisotopic (exact) mass is 470 g/mol. The number of hydrogen-bond donors (Lipinski definition) is 0. The van der Waals surface area contributed by atoms with Crippen LogP contribution in [0.3, 0.4) is 0 Å². The van der Waals surface area contributed by atoms with Crippen LogP contribution < -0.4 is 9.47 Å². The molecule has 0 N–H and O–H groups in total. The van der Waals surface area contributed by atoms with E-state index in [4.69, 9.17) is 25.5 Å². The second-order valence-corrected chi connectivity index (χ2v) is 8.32. The van der Waals surface area contributed by atoms with Crippen LogP contribution in [0.4, 0.5) is 0 Å². The lowest BCUT2D eigenvalue weighted by molar-refractivity contribution is 0.291. The van der Waals surface area contributed by atoms with Gasteiger partial charge in [0.1, 0.15) is 23.9 Å². The summed E-state index contributed by atoms with van der Waals surface area (Å²) in [5.41, 5.74) is 1.79. The average Bonchev–Trinajstić information content (AvgIpc) is 3.35. The number of aromatic nitrogens is 4. The van der Waals surface area contributed by atoms with Crippen LogP contribution >= 0.6 is 23.4 Å². The molecule has 0 bridgehead atoms. The number of thioether (sulfide) groups is 1. The number of hydrogen-bond acceptors (Lipinski definition) is 7. The second kappa shape index (κ2) is 10.1. The first kappa shape index (κ1) is 22.2. The first-order valence-electron chi connectivity index (χ1n) is 10.1. The molecule has 7 nitrogen and oxygen atoms in total. The molecule has 9 heteroatoms. The molecule has 0 aliphatic carbocycles. The molecular formula is C23H23ClN4O3S. The third kappa shape index (κ3) is 5.26. The summed E-state index contributed by atoms with van der Waals surface area (Å²) in [6.45, 7) is 6.66. The Bertz CT molecular complexity index is 1150. The van der Waals surface area contributed by atoms with Gasteiger partial charge in [0.05, 0.1) is 18.1 Å². The number of oxazole rings is 1. The summed E-state index contributed by atoms with van der Waals surface area (Å²) in [5, 5.41) is 10.1. The van der Waals surface area contributed by atoms with Crippen molar-refractivity contribution in [1.82, 2.24) is 19.7 Å². The molecule has 0 spiro atoms. The summed E-state index contributed by atoms with van der Waals surface area (Å²) in [5.74, 6) is 4.22. The molecule has 0 atom stereocenters. The Morgan fingerprint density at radius 3 is 2.28 bits per heavy atom. The molecule has 0 fully saturated rings. The van der Waals surface area contributed by atoms with Gasteiger partial charge in [0.15, 0.2) is 11.0 Å². The van der Waals surface area contributed by atoms with Crippen molar-refractivity contribution in [3.63, 3.8) is 0 Å². The minimum absolute atomic E-state index is 0.251. The van der Waals surface area contributed by atoms with Gasteiger partial charge in [-0.15, -0.1) is 10.2 Å². The molecule has 0 aliphatic rings. The summed E-state index contributed by atoms with van der Waals surface area (Å²) >= 11 is 7.59. The van der Waals surface area contributed by atoms with E-state index in [1.807, 2.05) is 73.9 Å². The highest BCUT2D eigenvalue weighted by Crippen LogP contribution is 2.27. The molecule has 0 unspecified atom stereocenters. The zero-order valence-corrected chi connectivity index (χ0v) is 19.6. The molecule has 2 aromatic carbocycles. The fourth-order valence-electron chi connectivity index (χ4n) is 3.01. The fourth-order valence-corrected chi connectivity index (χ4v) is 3.95. The van der Waals surface area contributed by atoms with Crippen molar-refractivity contribution >= 4 is 23.4 Å². The lowest BCUT2D eigenvalue weighted by Crippen LogP contribution is -2.06. The molecule has 166 valence electrons. The van der Waals surface area contributed by atoms with Gasteiger partial charge in [-0.25, -0.2) is 4.98 Å². The van der Waals surface area contributed by atoms with Crippen LogP contribution in [0.5, 0.6) is 11.5 Å². The zero-order chi connectivity index (χ0) is 22.5. The van der Waals surface area contributed by atoms with E-state index < -0.39 is 0 Å². The van der Waals surface area contributed by atoms with Crippen molar-refractivity contribution in [2.24, 2.45) is 0 Å². The molecule has 2 heterocycles. The molecule has 2 aromatic heterocycles. The Morgan fingerprint density at radius 2 is 1.66 bits per heavy atom. The van der Waals surface area contributed by atoms with Crippen molar-refractivity contribution < 1.29 is 13.9 Å². The lowest BCUT2D eigenvalue weighted by Gasteiger charge is -2.11. The normalized spacial score (nSPS) is 11.0. The van der Waals surface area contributed by atoms with Gasteiger partial charge in [-0.3, -0.25) is 4.57 Å². The van der Waals surface area contributed by atoms with Gasteiger partial charge in [0.2, 0.25) is 5.89 Å². The number of rotatable bonds is 9. The van der Waals surface area contributed by atoms with Gasteiger partial charge in [-0.2, -0.15) is 0 Å². The molecular weight excluding hydrogens is 448 g/mol. The molecule has 0 amide bonds. The number of ether oxygens (including phenoxy) is 2. The highest BCUT2D eigenvalue weighted by atomic mass is 35.5. The summed E-state index contributed by atoms with van der Waals surface area (Å²) in [6, 6.07) is 15.0. The van der Waals surface area contributed by atoms with E-state index in [9.17, 15) is 0 Å². The number of benzene rings is 2. The van der Waals surface area contributed by atoms with Gasteiger partial charge in [0.25, 0.3) is 0 Å². The van der Waals surface area contributed by atoms with Gasteiger partial charge in [-0.1, -0.05) is 23.4 Å². The van der Waals surface area contributed by atoms with Crippen LogP contribution in [0.2, 0.25) is 5.02 Å². The Balaban J connectivity index is 1.55. The predicted molar refractivity (Wildman–Crippen MR) is 124 cm³/mol. The minimum Gasteiger partial charge on any atom is -0.494 e. The van der Waals surface area contributed by atoms with E-state index in [2.05, 4.69) is 15.2 Å².